The maximum atomic E-state index is 8.40. The van der Waals surface area contributed by atoms with E-state index in [0.717, 1.165) is 17.1 Å². The molecule has 0 bridgehead atoms. The summed E-state index contributed by atoms with van der Waals surface area (Å²) in [4.78, 5) is 15.2. The third-order valence-electron chi connectivity index (χ3n) is 3.74. The standard InChI is InChI=1S/C16H15N2O.C5H8O2.Ir/c1-18-15-9-4-3-6-13(15)11-17-16(18)12-7-5-8-14(10-12)19-2;1-4(6)3-5(2)7;/h3-6,8-10H,11H2,1-2H3;3,6H,1-2H3;/q-1;;/p+1/b;4-3-;. The molecule has 1 radical (unpaired) electrons. The fraction of sp³-hybridized carbons (Fsp3) is 0.238. The van der Waals surface area contributed by atoms with Crippen LogP contribution >= 0.6 is 0 Å². The quantitative estimate of drug-likeness (QED) is 0.276. The smallest absolute Gasteiger partial charge is 0.316 e. The number of carbonyl (C=O) groups excluding carboxylic acids is 1. The van der Waals surface area contributed by atoms with Gasteiger partial charge in [0.1, 0.15) is 0 Å². The minimum Gasteiger partial charge on any atom is -0.516 e. The van der Waals surface area contributed by atoms with Crippen molar-refractivity contribution in [2.75, 3.05) is 19.1 Å². The molecule has 0 unspecified atom stereocenters. The van der Waals surface area contributed by atoms with Crippen LogP contribution in [-0.4, -0.2) is 35.7 Å². The van der Waals surface area contributed by atoms with E-state index in [1.807, 2.05) is 37.4 Å². The number of para-hydroxylation sites is 1. The van der Waals surface area contributed by atoms with Crippen LogP contribution in [0.25, 0.3) is 0 Å². The van der Waals surface area contributed by atoms with Gasteiger partial charge in [-0.3, -0.25) is 4.79 Å². The number of hydrogen-bond acceptors (Lipinski definition) is 4. The molecule has 0 fully saturated rings. The first-order chi connectivity index (χ1) is 12.4. The van der Waals surface area contributed by atoms with Crippen LogP contribution in [0, 0.1) is 6.07 Å². The van der Waals surface area contributed by atoms with E-state index >= 15 is 0 Å². The van der Waals surface area contributed by atoms with Gasteiger partial charge in [-0.1, -0.05) is 24.3 Å². The van der Waals surface area contributed by atoms with Crippen molar-refractivity contribution in [3.63, 3.8) is 0 Å². The largest absolute Gasteiger partial charge is 0.516 e. The Hall–Kier alpha value is -2.43. The molecule has 0 atom stereocenters. The summed E-state index contributed by atoms with van der Waals surface area (Å²) in [6.45, 7) is 3.71. The maximum absolute atomic E-state index is 8.40. The first-order valence-corrected chi connectivity index (χ1v) is 8.24. The number of benzene rings is 2. The van der Waals surface area contributed by atoms with Gasteiger partial charge in [-0.2, -0.15) is 0 Å². The fourth-order valence-electron chi connectivity index (χ4n) is 2.62. The van der Waals surface area contributed by atoms with Crippen LogP contribution in [0.5, 0.6) is 5.75 Å². The molecule has 0 spiro atoms. The average Bonchev–Trinajstić information content (AvgIpc) is 2.62. The molecule has 2 N–H and O–H groups in total. The third-order valence-corrected chi connectivity index (χ3v) is 3.74. The molecule has 27 heavy (non-hydrogen) atoms. The topological polar surface area (TPSA) is 66.5 Å². The molecule has 0 aliphatic carbocycles. The van der Waals surface area contributed by atoms with Crippen molar-refractivity contribution in [3.8, 4) is 5.75 Å². The van der Waals surface area contributed by atoms with E-state index < -0.39 is 0 Å². The monoisotopic (exact) mass is 545 g/mol. The first kappa shape index (κ1) is 22.6. The van der Waals surface area contributed by atoms with Crippen LogP contribution < -0.4 is 9.64 Å². The Labute approximate surface area is 173 Å². The van der Waals surface area contributed by atoms with Crippen LogP contribution in [0.3, 0.4) is 0 Å². The van der Waals surface area contributed by atoms with Gasteiger partial charge in [0.05, 0.1) is 38.2 Å². The van der Waals surface area contributed by atoms with Gasteiger partial charge >= 0.3 is 5.78 Å². The van der Waals surface area contributed by atoms with Crippen molar-refractivity contribution < 1.29 is 34.7 Å². The zero-order valence-corrected chi connectivity index (χ0v) is 18.3. The first-order valence-electron chi connectivity index (χ1n) is 8.24. The summed E-state index contributed by atoms with van der Waals surface area (Å²) in [5.74, 6) is 2.00. The molecule has 0 saturated heterocycles. The summed E-state index contributed by atoms with van der Waals surface area (Å²) in [6, 6.07) is 17.3. The molecular formula is C21H24IrN2O3. The van der Waals surface area contributed by atoms with Gasteiger partial charge < -0.3 is 19.7 Å². The molecule has 0 saturated carbocycles. The molecule has 0 amide bonds. The van der Waals surface area contributed by atoms with Crippen LogP contribution in [0.1, 0.15) is 25.0 Å². The Morgan fingerprint density at radius 2 is 2.00 bits per heavy atom. The Kier molecular flexibility index (Phi) is 8.92. The van der Waals surface area contributed by atoms with Crippen molar-refractivity contribution in [3.05, 3.63) is 71.5 Å². The molecule has 1 aliphatic heterocycles. The van der Waals surface area contributed by atoms with Gasteiger partial charge in [-0.15, -0.1) is 23.8 Å². The van der Waals surface area contributed by atoms with Gasteiger partial charge in [-0.25, -0.2) is 0 Å². The zero-order chi connectivity index (χ0) is 19.1. The molecule has 3 rings (SSSR count). The average molecular weight is 545 g/mol. The third kappa shape index (κ3) is 6.35. The SMILES string of the molecule is CC(=[OH+])/C=C(/C)O.COc1cc[c-]c(C2=NCc3ccccc3N2C)c1.[Ir]. The summed E-state index contributed by atoms with van der Waals surface area (Å²) < 4.78 is 5.26. The van der Waals surface area contributed by atoms with Gasteiger partial charge in [0.15, 0.2) is 0 Å². The van der Waals surface area contributed by atoms with Crippen LogP contribution in [-0.2, 0) is 26.7 Å². The minimum absolute atomic E-state index is 0. The van der Waals surface area contributed by atoms with Crippen LogP contribution in [0.15, 0.2) is 59.3 Å². The van der Waals surface area contributed by atoms with Crippen molar-refractivity contribution in [2.24, 2.45) is 4.99 Å². The molecule has 5 nitrogen and oxygen atoms in total. The number of hydrogen-bond donors (Lipinski definition) is 1. The second kappa shape index (κ2) is 10.7. The van der Waals surface area contributed by atoms with Crippen molar-refractivity contribution in [1.82, 2.24) is 0 Å². The number of rotatable bonds is 3. The number of aliphatic hydroxyl groups excluding tert-OH is 1. The second-order valence-electron chi connectivity index (χ2n) is 5.90. The maximum Gasteiger partial charge on any atom is 0.316 e. The molecule has 1 aliphatic rings. The molecule has 1 heterocycles. The minimum atomic E-state index is 0. The van der Waals surface area contributed by atoms with Gasteiger partial charge in [0.2, 0.25) is 0 Å². The molecule has 2 aromatic carbocycles. The van der Waals surface area contributed by atoms with Crippen molar-refractivity contribution in [2.45, 2.75) is 20.4 Å². The number of amidine groups is 1. The summed E-state index contributed by atoms with van der Waals surface area (Å²) in [5.41, 5.74) is 3.40. The van der Waals surface area contributed by atoms with E-state index in [9.17, 15) is 0 Å². The summed E-state index contributed by atoms with van der Waals surface area (Å²) in [5, 5.41) is 8.40. The van der Waals surface area contributed by atoms with Crippen LogP contribution in [0.4, 0.5) is 5.69 Å². The summed E-state index contributed by atoms with van der Waals surface area (Å²) in [6.07, 6.45) is 1.28. The Bertz CT molecular complexity index is 843. The van der Waals surface area contributed by atoms with Crippen molar-refractivity contribution >= 4 is 17.3 Å². The Balaban J connectivity index is 0.000000395. The number of allylic oxidation sites excluding steroid dienone is 2. The fourth-order valence-corrected chi connectivity index (χ4v) is 2.62. The van der Waals surface area contributed by atoms with E-state index in [4.69, 9.17) is 14.6 Å². The zero-order valence-electron chi connectivity index (χ0n) is 15.9. The van der Waals surface area contributed by atoms with Gasteiger partial charge in [-0.05, 0) is 18.6 Å². The predicted octanol–water partition coefficient (Wildman–Crippen LogP) is 3.90. The van der Waals surface area contributed by atoms with E-state index in [-0.39, 0.29) is 31.6 Å². The summed E-state index contributed by atoms with van der Waals surface area (Å²) in [7, 11) is 3.70. The molecular weight excluding hydrogens is 520 g/mol. The second-order valence-corrected chi connectivity index (χ2v) is 5.90. The Morgan fingerprint density at radius 1 is 1.30 bits per heavy atom. The summed E-state index contributed by atoms with van der Waals surface area (Å²) >= 11 is 0. The molecule has 145 valence electrons. The predicted molar refractivity (Wildman–Crippen MR) is 106 cm³/mol. The molecule has 0 aromatic heterocycles. The number of fused-ring (bicyclic) bond motifs is 1. The molecule has 6 heteroatoms. The number of ketones is 1. The van der Waals surface area contributed by atoms with Gasteiger partial charge in [0.25, 0.3) is 0 Å². The number of ether oxygens (including phenoxy) is 1. The van der Waals surface area contributed by atoms with E-state index in [0.29, 0.717) is 6.54 Å². The van der Waals surface area contributed by atoms with E-state index in [1.54, 1.807) is 7.11 Å². The van der Waals surface area contributed by atoms with Gasteiger partial charge in [0, 0.05) is 38.6 Å². The number of aliphatic imine (C=N–C) groups is 1. The van der Waals surface area contributed by atoms with E-state index in [2.05, 4.69) is 28.1 Å². The molecule has 2 aromatic rings. The van der Waals surface area contributed by atoms with E-state index in [1.165, 1.54) is 31.2 Å². The van der Waals surface area contributed by atoms with Crippen LogP contribution in [0.2, 0.25) is 0 Å². The number of anilines is 1. The normalized spacial score (nSPS) is 12.7. The number of aliphatic hydroxyl groups is 1. The number of methoxy groups -OCH3 is 1. The van der Waals surface area contributed by atoms with Crippen molar-refractivity contribution in [1.29, 1.82) is 0 Å². The Morgan fingerprint density at radius 3 is 2.59 bits per heavy atom. The number of nitrogens with zero attached hydrogens (tertiary/aromatic N) is 2.